The van der Waals surface area contributed by atoms with Crippen molar-refractivity contribution in [3.8, 4) is 23.3 Å². The van der Waals surface area contributed by atoms with Crippen molar-refractivity contribution in [3.05, 3.63) is 54.1 Å². The molecule has 7 nitrogen and oxygen atoms in total. The van der Waals surface area contributed by atoms with Crippen LogP contribution in [0.1, 0.15) is 5.56 Å². The van der Waals surface area contributed by atoms with Gasteiger partial charge in [0.1, 0.15) is 25.4 Å². The fourth-order valence-corrected chi connectivity index (χ4v) is 3.90. The first kappa shape index (κ1) is 18.8. The van der Waals surface area contributed by atoms with Crippen LogP contribution in [-0.4, -0.2) is 50.7 Å². The highest BCUT2D eigenvalue weighted by Crippen LogP contribution is 2.33. The van der Waals surface area contributed by atoms with Crippen LogP contribution in [-0.2, 0) is 9.47 Å². The number of amides is 2. The fraction of sp³-hybridized carbons (Fsp3) is 0.348. The Balaban J connectivity index is 1.18. The number of hydrogen-bond acceptors (Lipinski definition) is 5. The van der Waals surface area contributed by atoms with Gasteiger partial charge in [0.15, 0.2) is 11.5 Å². The second kappa shape index (κ2) is 8.27. The summed E-state index contributed by atoms with van der Waals surface area (Å²) in [7, 11) is 0. The minimum absolute atomic E-state index is 0.0112. The third kappa shape index (κ3) is 3.92. The normalized spacial score (nSPS) is 26.3. The van der Waals surface area contributed by atoms with E-state index in [9.17, 15) is 4.79 Å². The second-order valence-corrected chi connectivity index (χ2v) is 7.40. The number of carbonyl (C=O) groups excluding carboxylic acids is 1. The first-order valence-electron chi connectivity index (χ1n) is 10.0. The van der Waals surface area contributed by atoms with Crippen molar-refractivity contribution in [2.45, 2.75) is 18.2 Å². The van der Waals surface area contributed by atoms with Gasteiger partial charge in [-0.2, -0.15) is 0 Å². The van der Waals surface area contributed by atoms with Crippen molar-refractivity contribution in [1.82, 2.24) is 5.32 Å². The minimum Gasteiger partial charge on any atom is -0.486 e. The highest BCUT2D eigenvalue weighted by molar-refractivity contribution is 5.90. The topological polar surface area (TPSA) is 78.1 Å². The average Bonchev–Trinajstić information content (AvgIpc) is 3.36. The molecule has 0 spiro atoms. The zero-order chi connectivity index (χ0) is 20.3. The predicted octanol–water partition coefficient (Wildman–Crippen LogP) is 2.41. The lowest BCUT2D eigenvalue weighted by Crippen LogP contribution is -2.45. The molecule has 3 aliphatic heterocycles. The van der Waals surface area contributed by atoms with E-state index in [0.717, 1.165) is 5.56 Å². The van der Waals surface area contributed by atoms with Crippen LogP contribution < -0.4 is 20.1 Å². The Morgan fingerprint density at radius 2 is 1.73 bits per heavy atom. The lowest BCUT2D eigenvalue weighted by Gasteiger charge is -2.20. The van der Waals surface area contributed by atoms with E-state index in [4.69, 9.17) is 18.9 Å². The van der Waals surface area contributed by atoms with Crippen LogP contribution in [0, 0.1) is 17.8 Å². The molecule has 2 saturated heterocycles. The van der Waals surface area contributed by atoms with Crippen molar-refractivity contribution >= 4 is 11.7 Å². The van der Waals surface area contributed by atoms with Gasteiger partial charge in [-0.3, -0.25) is 0 Å². The number of ether oxygens (including phenoxy) is 4. The number of urea groups is 1. The molecule has 0 bridgehead atoms. The molecule has 7 heteroatoms. The van der Waals surface area contributed by atoms with Gasteiger partial charge in [0.05, 0.1) is 25.2 Å². The first-order chi connectivity index (χ1) is 14.8. The van der Waals surface area contributed by atoms with Gasteiger partial charge in [0, 0.05) is 17.3 Å². The zero-order valence-electron chi connectivity index (χ0n) is 16.3. The van der Waals surface area contributed by atoms with Crippen molar-refractivity contribution in [1.29, 1.82) is 0 Å². The maximum atomic E-state index is 12.5. The molecule has 0 unspecified atom stereocenters. The van der Waals surface area contributed by atoms with Crippen LogP contribution in [0.4, 0.5) is 10.5 Å². The summed E-state index contributed by atoms with van der Waals surface area (Å²) < 4.78 is 22.9. The molecule has 0 radical (unpaired) electrons. The Morgan fingerprint density at radius 1 is 0.933 bits per heavy atom. The van der Waals surface area contributed by atoms with E-state index in [0.29, 0.717) is 43.6 Å². The number of carbonyl (C=O) groups is 1. The van der Waals surface area contributed by atoms with E-state index in [1.165, 1.54) is 0 Å². The maximum Gasteiger partial charge on any atom is 0.319 e. The second-order valence-electron chi connectivity index (χ2n) is 7.40. The van der Waals surface area contributed by atoms with Crippen LogP contribution in [0.5, 0.6) is 11.5 Å². The van der Waals surface area contributed by atoms with Crippen LogP contribution in [0.25, 0.3) is 0 Å². The fourth-order valence-electron chi connectivity index (χ4n) is 3.90. The molecule has 3 aliphatic rings. The zero-order valence-corrected chi connectivity index (χ0v) is 16.3. The standard InChI is InChI=1S/C23H22N2O5/c26-23(24-17-8-9-19-20(12-17)28-11-10-27-19)25-18-14-30-21-16(13-29-22(18)21)7-6-15-4-2-1-3-5-15/h1-5,8-9,12,16,18,21-22H,10-11,13-14H2,(H2,24,25,26)/t16-,18-,21+,22+/m0/s1. The van der Waals surface area contributed by atoms with Gasteiger partial charge in [-0.1, -0.05) is 30.0 Å². The number of rotatable bonds is 2. The summed E-state index contributed by atoms with van der Waals surface area (Å²) in [4.78, 5) is 12.5. The van der Waals surface area contributed by atoms with E-state index < -0.39 is 0 Å². The Labute approximate surface area is 174 Å². The van der Waals surface area contributed by atoms with Gasteiger partial charge in [0.2, 0.25) is 0 Å². The van der Waals surface area contributed by atoms with Crippen molar-refractivity contribution in [3.63, 3.8) is 0 Å². The summed E-state index contributed by atoms with van der Waals surface area (Å²) in [6, 6.07) is 14.6. The van der Waals surface area contributed by atoms with E-state index in [-0.39, 0.29) is 30.2 Å². The van der Waals surface area contributed by atoms with Gasteiger partial charge in [-0.15, -0.1) is 0 Å². The molecule has 2 N–H and O–H groups in total. The largest absolute Gasteiger partial charge is 0.486 e. The molecule has 0 saturated carbocycles. The van der Waals surface area contributed by atoms with Crippen LogP contribution in [0.3, 0.4) is 0 Å². The molecule has 30 heavy (non-hydrogen) atoms. The van der Waals surface area contributed by atoms with Gasteiger partial charge < -0.3 is 29.6 Å². The molecule has 2 aromatic carbocycles. The van der Waals surface area contributed by atoms with Gasteiger partial charge in [0.25, 0.3) is 0 Å². The van der Waals surface area contributed by atoms with E-state index in [2.05, 4.69) is 22.5 Å². The molecule has 2 amide bonds. The number of hydrogen-bond donors (Lipinski definition) is 2. The van der Waals surface area contributed by atoms with Gasteiger partial charge >= 0.3 is 6.03 Å². The molecular weight excluding hydrogens is 384 g/mol. The summed E-state index contributed by atoms with van der Waals surface area (Å²) in [6.45, 7) is 1.92. The molecule has 2 aromatic rings. The van der Waals surface area contributed by atoms with Crippen LogP contribution in [0.15, 0.2) is 48.5 Å². The third-order valence-electron chi connectivity index (χ3n) is 5.35. The van der Waals surface area contributed by atoms with E-state index in [1.807, 2.05) is 30.3 Å². The third-order valence-corrected chi connectivity index (χ3v) is 5.35. The van der Waals surface area contributed by atoms with Gasteiger partial charge in [-0.25, -0.2) is 4.79 Å². The molecule has 5 rings (SSSR count). The summed E-state index contributed by atoms with van der Waals surface area (Å²) in [5.41, 5.74) is 1.60. The monoisotopic (exact) mass is 406 g/mol. The first-order valence-corrected chi connectivity index (χ1v) is 10.0. The Kier molecular flexibility index (Phi) is 5.18. The lowest BCUT2D eigenvalue weighted by molar-refractivity contribution is 0.0666. The predicted molar refractivity (Wildman–Crippen MR) is 110 cm³/mol. The summed E-state index contributed by atoms with van der Waals surface area (Å²) >= 11 is 0. The van der Waals surface area contributed by atoms with Gasteiger partial charge in [-0.05, 0) is 24.3 Å². The van der Waals surface area contributed by atoms with Crippen LogP contribution >= 0.6 is 0 Å². The molecule has 154 valence electrons. The molecule has 0 aliphatic carbocycles. The molecule has 2 fully saturated rings. The molecular formula is C23H22N2O5. The van der Waals surface area contributed by atoms with Crippen molar-refractivity contribution in [2.24, 2.45) is 5.92 Å². The number of benzene rings is 2. The molecule has 0 aromatic heterocycles. The average molecular weight is 406 g/mol. The Morgan fingerprint density at radius 3 is 2.60 bits per heavy atom. The molecule has 4 atom stereocenters. The Hall–Kier alpha value is -3.21. The van der Waals surface area contributed by atoms with Crippen molar-refractivity contribution in [2.75, 3.05) is 31.7 Å². The quantitative estimate of drug-likeness (QED) is 0.749. The summed E-state index contributed by atoms with van der Waals surface area (Å²) in [5.74, 6) is 7.74. The van der Waals surface area contributed by atoms with E-state index >= 15 is 0 Å². The lowest BCUT2D eigenvalue weighted by atomic mass is 10.0. The van der Waals surface area contributed by atoms with E-state index in [1.54, 1.807) is 18.2 Å². The number of fused-ring (bicyclic) bond motifs is 2. The van der Waals surface area contributed by atoms with Crippen LogP contribution in [0.2, 0.25) is 0 Å². The highest BCUT2D eigenvalue weighted by atomic mass is 16.6. The maximum absolute atomic E-state index is 12.5. The SMILES string of the molecule is O=C(Nc1ccc2c(c1)OCCO2)N[C@H]1CO[C@H]2[C@@H]1OC[C@@H]2C#Cc1ccccc1. The molecule has 3 heterocycles. The number of anilines is 1. The summed E-state index contributed by atoms with van der Waals surface area (Å²) in [5, 5.41) is 5.78. The smallest absolute Gasteiger partial charge is 0.319 e. The Bertz CT molecular complexity index is 984. The highest BCUT2D eigenvalue weighted by Gasteiger charge is 2.47. The minimum atomic E-state index is -0.316. The summed E-state index contributed by atoms with van der Waals surface area (Å²) in [6.07, 6.45) is -0.341. The number of nitrogens with one attached hydrogen (secondary N) is 2. The van der Waals surface area contributed by atoms with Crippen molar-refractivity contribution < 1.29 is 23.7 Å².